The summed E-state index contributed by atoms with van der Waals surface area (Å²) in [6, 6.07) is 2.19. The van der Waals surface area contributed by atoms with Gasteiger partial charge in [0.05, 0.1) is 21.6 Å². The van der Waals surface area contributed by atoms with E-state index in [1.54, 1.807) is 0 Å². The summed E-state index contributed by atoms with van der Waals surface area (Å²) in [6.45, 7) is 0. The molecule has 0 saturated carbocycles. The molecule has 0 saturated heterocycles. The van der Waals surface area contributed by atoms with E-state index in [0.29, 0.717) is 12.1 Å². The molecule has 0 aliphatic carbocycles. The van der Waals surface area contributed by atoms with Crippen molar-refractivity contribution in [1.82, 2.24) is 4.98 Å². The lowest BCUT2D eigenvalue weighted by molar-refractivity contribution is -0.384. The highest BCUT2D eigenvalue weighted by Crippen LogP contribution is 2.29. The predicted molar refractivity (Wildman–Crippen MR) is 70.2 cm³/mol. The molecular weight excluding hydrogens is 308 g/mol. The van der Waals surface area contributed by atoms with Crippen LogP contribution in [0.15, 0.2) is 30.6 Å². The first-order valence-corrected chi connectivity index (χ1v) is 5.82. The van der Waals surface area contributed by atoms with Crippen LogP contribution in [-0.4, -0.2) is 15.8 Å². The zero-order valence-electron chi connectivity index (χ0n) is 10.1. The number of pyridine rings is 1. The van der Waals surface area contributed by atoms with E-state index in [4.69, 9.17) is 11.6 Å². The van der Waals surface area contributed by atoms with E-state index < -0.39 is 33.8 Å². The van der Waals surface area contributed by atoms with Gasteiger partial charge in [-0.1, -0.05) is 11.6 Å². The normalized spacial score (nSPS) is 10.2. The molecule has 2 rings (SSSR count). The molecule has 1 heterocycles. The van der Waals surface area contributed by atoms with Crippen molar-refractivity contribution in [2.45, 2.75) is 0 Å². The summed E-state index contributed by atoms with van der Waals surface area (Å²) < 4.78 is 26.6. The van der Waals surface area contributed by atoms with Crippen LogP contribution in [0.5, 0.6) is 0 Å². The number of hydrogen-bond acceptors (Lipinski definition) is 4. The van der Waals surface area contributed by atoms with Crippen LogP contribution in [0.2, 0.25) is 5.02 Å². The largest absolute Gasteiger partial charge is 0.314 e. The van der Waals surface area contributed by atoms with Crippen molar-refractivity contribution >= 4 is 28.9 Å². The molecule has 6 nitrogen and oxygen atoms in total. The first-order chi connectivity index (χ1) is 9.90. The van der Waals surface area contributed by atoms with E-state index in [2.05, 4.69) is 4.98 Å². The van der Waals surface area contributed by atoms with Gasteiger partial charge in [0.25, 0.3) is 11.6 Å². The number of hydrogen-bond donors (Lipinski definition) is 1. The van der Waals surface area contributed by atoms with Crippen molar-refractivity contribution in [2.75, 3.05) is 5.32 Å². The highest BCUT2D eigenvalue weighted by atomic mass is 35.5. The third-order valence-corrected chi connectivity index (χ3v) is 2.79. The summed E-state index contributed by atoms with van der Waals surface area (Å²) in [7, 11) is 0. The van der Waals surface area contributed by atoms with Crippen LogP contribution in [0.4, 0.5) is 20.2 Å². The van der Waals surface area contributed by atoms with Crippen molar-refractivity contribution in [3.05, 3.63) is 62.9 Å². The van der Waals surface area contributed by atoms with Crippen LogP contribution in [0.25, 0.3) is 0 Å². The molecule has 1 aromatic heterocycles. The average molecular weight is 314 g/mol. The van der Waals surface area contributed by atoms with Gasteiger partial charge in [-0.15, -0.1) is 0 Å². The molecule has 9 heteroatoms. The lowest BCUT2D eigenvalue weighted by Crippen LogP contribution is -2.15. The Morgan fingerprint density at radius 2 is 2.10 bits per heavy atom. The van der Waals surface area contributed by atoms with E-state index in [-0.39, 0.29) is 10.6 Å². The first kappa shape index (κ1) is 14.8. The molecule has 0 unspecified atom stereocenters. The molecule has 0 atom stereocenters. The third-order valence-electron chi connectivity index (χ3n) is 2.49. The van der Waals surface area contributed by atoms with Gasteiger partial charge in [-0.2, -0.15) is 0 Å². The fraction of sp³-hybridized carbons (Fsp3) is 0. The van der Waals surface area contributed by atoms with E-state index in [1.807, 2.05) is 5.32 Å². The number of carbonyl (C=O) groups is 1. The number of carbonyl (C=O) groups excluding carboxylic acids is 1. The van der Waals surface area contributed by atoms with Gasteiger partial charge in [0, 0.05) is 18.5 Å². The average Bonchev–Trinajstić information content (AvgIpc) is 2.41. The van der Waals surface area contributed by atoms with E-state index in [9.17, 15) is 23.7 Å². The van der Waals surface area contributed by atoms with Crippen LogP contribution in [0.1, 0.15) is 10.4 Å². The Kier molecular flexibility index (Phi) is 4.08. The maximum Gasteiger partial charge on any atom is 0.298 e. The standard InChI is InChI=1S/C12H6ClF2N3O3/c13-8-5-16-2-1-7(8)12(19)17-11-9(15)3-6(14)4-10(11)18(20)21/h1-5H,(H,17,19). The Bertz CT molecular complexity index is 740. The number of nitro benzene ring substituents is 1. The number of anilines is 1. The molecule has 0 aliphatic rings. The number of halogens is 3. The van der Waals surface area contributed by atoms with Gasteiger partial charge in [-0.3, -0.25) is 19.9 Å². The first-order valence-electron chi connectivity index (χ1n) is 5.44. The Labute approximate surface area is 121 Å². The second-order valence-corrected chi connectivity index (χ2v) is 4.26. The van der Waals surface area contributed by atoms with Crippen molar-refractivity contribution in [3.8, 4) is 0 Å². The molecule has 0 fully saturated rings. The minimum Gasteiger partial charge on any atom is -0.314 e. The lowest BCUT2D eigenvalue weighted by atomic mass is 10.2. The Balaban J connectivity index is 2.42. The number of nitrogens with zero attached hydrogens (tertiary/aromatic N) is 2. The number of nitrogens with one attached hydrogen (secondary N) is 1. The molecule has 1 amide bonds. The molecule has 0 spiro atoms. The highest BCUT2D eigenvalue weighted by molar-refractivity contribution is 6.34. The van der Waals surface area contributed by atoms with Gasteiger partial charge in [0.2, 0.25) is 0 Å². The topological polar surface area (TPSA) is 85.1 Å². The van der Waals surface area contributed by atoms with Crippen molar-refractivity contribution < 1.29 is 18.5 Å². The summed E-state index contributed by atoms with van der Waals surface area (Å²) in [5.74, 6) is -3.27. The number of aromatic nitrogens is 1. The van der Waals surface area contributed by atoms with Crippen molar-refractivity contribution in [3.63, 3.8) is 0 Å². The van der Waals surface area contributed by atoms with Gasteiger partial charge in [0.15, 0.2) is 11.5 Å². The monoisotopic (exact) mass is 313 g/mol. The van der Waals surface area contributed by atoms with Crippen LogP contribution in [-0.2, 0) is 0 Å². The number of rotatable bonds is 3. The SMILES string of the molecule is O=C(Nc1c(F)cc(F)cc1[N+](=O)[O-])c1ccncc1Cl. The summed E-state index contributed by atoms with van der Waals surface area (Å²) in [6.07, 6.45) is 2.46. The minimum atomic E-state index is -1.26. The summed E-state index contributed by atoms with van der Waals surface area (Å²) in [5.41, 5.74) is -1.69. The van der Waals surface area contributed by atoms with Gasteiger partial charge < -0.3 is 5.32 Å². The highest BCUT2D eigenvalue weighted by Gasteiger charge is 2.23. The zero-order valence-corrected chi connectivity index (χ0v) is 10.9. The zero-order chi connectivity index (χ0) is 15.6. The number of benzene rings is 1. The van der Waals surface area contributed by atoms with Crippen LogP contribution >= 0.6 is 11.6 Å². The van der Waals surface area contributed by atoms with E-state index in [0.717, 1.165) is 0 Å². The summed E-state index contributed by atoms with van der Waals surface area (Å²) in [4.78, 5) is 25.4. The van der Waals surface area contributed by atoms with Crippen LogP contribution < -0.4 is 5.32 Å². The fourth-order valence-electron chi connectivity index (χ4n) is 1.57. The number of amides is 1. The molecule has 108 valence electrons. The number of nitro groups is 1. The third kappa shape index (κ3) is 3.11. The molecule has 0 radical (unpaired) electrons. The fourth-order valence-corrected chi connectivity index (χ4v) is 1.77. The van der Waals surface area contributed by atoms with E-state index >= 15 is 0 Å². The Morgan fingerprint density at radius 3 is 2.71 bits per heavy atom. The Morgan fingerprint density at radius 1 is 1.38 bits per heavy atom. The van der Waals surface area contributed by atoms with Crippen LogP contribution in [0.3, 0.4) is 0 Å². The summed E-state index contributed by atoms with van der Waals surface area (Å²) >= 11 is 5.74. The summed E-state index contributed by atoms with van der Waals surface area (Å²) in [5, 5.41) is 12.8. The molecule has 1 N–H and O–H groups in total. The molecule has 1 aromatic carbocycles. The second-order valence-electron chi connectivity index (χ2n) is 3.85. The quantitative estimate of drug-likeness (QED) is 0.696. The van der Waals surface area contributed by atoms with Crippen LogP contribution in [0, 0.1) is 21.7 Å². The maximum absolute atomic E-state index is 13.6. The van der Waals surface area contributed by atoms with Gasteiger partial charge in [0.1, 0.15) is 5.82 Å². The lowest BCUT2D eigenvalue weighted by Gasteiger charge is -2.08. The second kappa shape index (κ2) is 5.80. The van der Waals surface area contributed by atoms with Gasteiger partial charge in [-0.25, -0.2) is 8.78 Å². The molecule has 21 heavy (non-hydrogen) atoms. The minimum absolute atomic E-state index is 0.0137. The predicted octanol–water partition coefficient (Wildman–Crippen LogP) is 3.17. The Hall–Kier alpha value is -2.61. The van der Waals surface area contributed by atoms with E-state index in [1.165, 1.54) is 18.5 Å². The smallest absolute Gasteiger partial charge is 0.298 e. The molecular formula is C12H6ClF2N3O3. The molecule has 0 bridgehead atoms. The van der Waals surface area contributed by atoms with Crippen molar-refractivity contribution in [1.29, 1.82) is 0 Å². The van der Waals surface area contributed by atoms with Gasteiger partial charge >= 0.3 is 0 Å². The molecule has 0 aliphatic heterocycles. The van der Waals surface area contributed by atoms with Crippen molar-refractivity contribution in [2.24, 2.45) is 0 Å². The van der Waals surface area contributed by atoms with Gasteiger partial charge in [-0.05, 0) is 6.07 Å². The maximum atomic E-state index is 13.6. The molecule has 2 aromatic rings.